The van der Waals surface area contributed by atoms with Crippen LogP contribution < -0.4 is 15.8 Å². The van der Waals surface area contributed by atoms with Gasteiger partial charge in [-0.1, -0.05) is 6.08 Å². The van der Waals surface area contributed by atoms with Gasteiger partial charge >= 0.3 is 0 Å². The minimum atomic E-state index is -0.108. The zero-order valence-corrected chi connectivity index (χ0v) is 12.1. The van der Waals surface area contributed by atoms with Gasteiger partial charge in [-0.15, -0.1) is 6.58 Å². The van der Waals surface area contributed by atoms with Gasteiger partial charge in [0.15, 0.2) is 6.61 Å². The van der Waals surface area contributed by atoms with Crippen molar-refractivity contribution in [1.29, 1.82) is 0 Å². The van der Waals surface area contributed by atoms with Crippen molar-refractivity contribution in [3.63, 3.8) is 0 Å². The lowest BCUT2D eigenvalue weighted by Gasteiger charge is -2.23. The van der Waals surface area contributed by atoms with E-state index in [1.807, 2.05) is 6.07 Å². The van der Waals surface area contributed by atoms with Gasteiger partial charge in [0.1, 0.15) is 5.75 Å². The molecule has 5 nitrogen and oxygen atoms in total. The highest BCUT2D eigenvalue weighted by Gasteiger charge is 2.16. The number of nitrogens with one attached hydrogen (secondary N) is 1. The molecule has 1 heterocycles. The molecule has 21 heavy (non-hydrogen) atoms. The largest absolute Gasteiger partial charge is 0.483 e. The van der Waals surface area contributed by atoms with Gasteiger partial charge in [-0.05, 0) is 43.0 Å². The van der Waals surface area contributed by atoms with Crippen LogP contribution in [0.4, 0.5) is 5.69 Å². The summed E-state index contributed by atoms with van der Waals surface area (Å²) in [6.45, 7) is 5.12. The fourth-order valence-corrected chi connectivity index (χ4v) is 2.31. The number of anilines is 1. The Hall–Kier alpha value is -2.01. The maximum Gasteiger partial charge on any atom is 0.258 e. The van der Waals surface area contributed by atoms with Crippen molar-refractivity contribution in [3.8, 4) is 5.75 Å². The average Bonchev–Trinajstić information content (AvgIpc) is 2.48. The number of rotatable bonds is 6. The Balaban J connectivity index is 1.86. The molecule has 3 N–H and O–H groups in total. The van der Waals surface area contributed by atoms with Crippen LogP contribution in [0.2, 0.25) is 0 Å². The quantitative estimate of drug-likeness (QED) is 0.617. The van der Waals surface area contributed by atoms with Gasteiger partial charge in [0.05, 0.1) is 0 Å². The molecule has 2 rings (SSSR count). The Morgan fingerprint density at radius 3 is 2.95 bits per heavy atom. The summed E-state index contributed by atoms with van der Waals surface area (Å²) in [7, 11) is 0. The molecule has 1 aromatic carbocycles. The lowest BCUT2D eigenvalue weighted by atomic mass is 10.1. The Labute approximate surface area is 125 Å². The van der Waals surface area contributed by atoms with E-state index in [0.717, 1.165) is 18.4 Å². The molecule has 0 aliphatic carbocycles. The summed E-state index contributed by atoms with van der Waals surface area (Å²) in [5.74, 6) is 0.564. The van der Waals surface area contributed by atoms with Crippen molar-refractivity contribution in [2.75, 3.05) is 25.6 Å². The molecule has 1 saturated heterocycles. The van der Waals surface area contributed by atoms with Crippen molar-refractivity contribution >= 4 is 11.6 Å². The number of hydrogen-bond donors (Lipinski definition) is 2. The molecule has 0 bridgehead atoms. The highest BCUT2D eigenvalue weighted by atomic mass is 16.5. The van der Waals surface area contributed by atoms with Gasteiger partial charge in [-0.3, -0.25) is 4.79 Å². The fourth-order valence-electron chi connectivity index (χ4n) is 2.31. The second-order valence-electron chi connectivity index (χ2n) is 5.10. The Morgan fingerprint density at radius 2 is 2.24 bits per heavy atom. The first-order valence-corrected chi connectivity index (χ1v) is 7.18. The molecule has 5 heteroatoms. The SMILES string of the molecule is C=CCc1cc(N)ccc1OCC(=O)NC1CCOCC1. The van der Waals surface area contributed by atoms with Crippen molar-refractivity contribution in [2.45, 2.75) is 25.3 Å². The number of amides is 1. The minimum absolute atomic E-state index is 0.00538. The van der Waals surface area contributed by atoms with E-state index in [1.54, 1.807) is 18.2 Å². The first-order chi connectivity index (χ1) is 10.2. The van der Waals surface area contributed by atoms with Crippen LogP contribution in [0, 0.1) is 0 Å². The number of ether oxygens (including phenoxy) is 2. The van der Waals surface area contributed by atoms with E-state index in [9.17, 15) is 4.79 Å². The predicted octanol–water partition coefficient (Wildman–Crippen LogP) is 1.67. The highest BCUT2D eigenvalue weighted by molar-refractivity contribution is 5.77. The fraction of sp³-hybridized carbons (Fsp3) is 0.438. The molecule has 1 fully saturated rings. The van der Waals surface area contributed by atoms with Gasteiger partial charge in [0.2, 0.25) is 0 Å². The summed E-state index contributed by atoms with van der Waals surface area (Å²) in [4.78, 5) is 11.9. The molecule has 1 aliphatic rings. The van der Waals surface area contributed by atoms with Crippen LogP contribution in [0.3, 0.4) is 0 Å². The summed E-state index contributed by atoms with van der Waals surface area (Å²) in [5.41, 5.74) is 7.36. The Bertz CT molecular complexity index is 496. The summed E-state index contributed by atoms with van der Waals surface area (Å²) < 4.78 is 10.9. The second-order valence-corrected chi connectivity index (χ2v) is 5.10. The number of carbonyl (C=O) groups is 1. The maximum absolute atomic E-state index is 11.9. The third kappa shape index (κ3) is 4.79. The van der Waals surface area contributed by atoms with Gasteiger partial charge in [-0.2, -0.15) is 0 Å². The number of carbonyl (C=O) groups excluding carboxylic acids is 1. The number of nitrogen functional groups attached to an aromatic ring is 1. The van der Waals surface area contributed by atoms with Gasteiger partial charge in [0, 0.05) is 24.9 Å². The highest BCUT2D eigenvalue weighted by Crippen LogP contribution is 2.22. The number of hydrogen-bond acceptors (Lipinski definition) is 4. The smallest absolute Gasteiger partial charge is 0.258 e. The zero-order valence-electron chi connectivity index (χ0n) is 12.1. The molecule has 1 aromatic rings. The van der Waals surface area contributed by atoms with E-state index in [-0.39, 0.29) is 18.6 Å². The van der Waals surface area contributed by atoms with Gasteiger partial charge < -0.3 is 20.5 Å². The molecular weight excluding hydrogens is 268 g/mol. The molecule has 0 radical (unpaired) electrons. The first-order valence-electron chi connectivity index (χ1n) is 7.18. The van der Waals surface area contributed by atoms with E-state index < -0.39 is 0 Å². The van der Waals surface area contributed by atoms with E-state index in [2.05, 4.69) is 11.9 Å². The van der Waals surface area contributed by atoms with Crippen LogP contribution in [-0.2, 0) is 16.0 Å². The van der Waals surface area contributed by atoms with E-state index in [4.69, 9.17) is 15.2 Å². The number of allylic oxidation sites excluding steroid dienone is 1. The van der Waals surface area contributed by atoms with Crippen molar-refractivity contribution in [1.82, 2.24) is 5.32 Å². The molecule has 0 aromatic heterocycles. The Kier molecular flexibility index (Phi) is 5.63. The third-order valence-corrected chi connectivity index (χ3v) is 3.39. The molecule has 114 valence electrons. The third-order valence-electron chi connectivity index (χ3n) is 3.39. The zero-order chi connectivity index (χ0) is 15.1. The molecule has 1 aliphatic heterocycles. The van der Waals surface area contributed by atoms with Gasteiger partial charge in [0.25, 0.3) is 5.91 Å². The summed E-state index contributed by atoms with van der Waals surface area (Å²) in [5, 5.41) is 2.96. The number of nitrogens with two attached hydrogens (primary N) is 1. The lowest BCUT2D eigenvalue weighted by molar-refractivity contribution is -0.124. The van der Waals surface area contributed by atoms with Crippen LogP contribution in [0.15, 0.2) is 30.9 Å². The standard InChI is InChI=1S/C16H22N2O3/c1-2-3-12-10-13(17)4-5-15(12)21-11-16(19)18-14-6-8-20-9-7-14/h2,4-5,10,14H,1,3,6-9,11,17H2,(H,18,19). The van der Waals surface area contributed by atoms with Gasteiger partial charge in [-0.25, -0.2) is 0 Å². The minimum Gasteiger partial charge on any atom is -0.483 e. The molecule has 0 saturated carbocycles. The van der Waals surface area contributed by atoms with E-state index >= 15 is 0 Å². The summed E-state index contributed by atoms with van der Waals surface area (Å²) >= 11 is 0. The second kappa shape index (κ2) is 7.69. The van der Waals surface area contributed by atoms with E-state index in [1.165, 1.54) is 0 Å². The number of benzene rings is 1. The van der Waals surface area contributed by atoms with Crippen molar-refractivity contribution in [2.24, 2.45) is 0 Å². The topological polar surface area (TPSA) is 73.6 Å². The van der Waals surface area contributed by atoms with Crippen LogP contribution >= 0.6 is 0 Å². The maximum atomic E-state index is 11.9. The Morgan fingerprint density at radius 1 is 1.48 bits per heavy atom. The molecule has 1 amide bonds. The molecule has 0 spiro atoms. The van der Waals surface area contributed by atoms with Crippen LogP contribution in [0.5, 0.6) is 5.75 Å². The van der Waals surface area contributed by atoms with Crippen LogP contribution in [0.25, 0.3) is 0 Å². The normalized spacial score (nSPS) is 15.4. The molecular formula is C16H22N2O3. The average molecular weight is 290 g/mol. The van der Waals surface area contributed by atoms with E-state index in [0.29, 0.717) is 31.1 Å². The summed E-state index contributed by atoms with van der Waals surface area (Å²) in [6.07, 6.45) is 4.15. The molecule has 0 atom stereocenters. The summed E-state index contributed by atoms with van der Waals surface area (Å²) in [6, 6.07) is 5.58. The van der Waals surface area contributed by atoms with Crippen molar-refractivity contribution in [3.05, 3.63) is 36.4 Å². The predicted molar refractivity (Wildman–Crippen MR) is 82.2 cm³/mol. The lowest BCUT2D eigenvalue weighted by Crippen LogP contribution is -2.41. The first kappa shape index (κ1) is 15.4. The monoisotopic (exact) mass is 290 g/mol. The van der Waals surface area contributed by atoms with Crippen molar-refractivity contribution < 1.29 is 14.3 Å². The molecule has 0 unspecified atom stereocenters. The van der Waals surface area contributed by atoms with Crippen LogP contribution in [0.1, 0.15) is 18.4 Å². The van der Waals surface area contributed by atoms with Crippen LogP contribution in [-0.4, -0.2) is 31.8 Å².